The van der Waals surface area contributed by atoms with Crippen LogP contribution in [0.3, 0.4) is 0 Å². The van der Waals surface area contributed by atoms with Gasteiger partial charge in [-0.3, -0.25) is 0 Å². The molecule has 0 spiro atoms. The lowest BCUT2D eigenvalue weighted by molar-refractivity contribution is 0.211. The maximum absolute atomic E-state index is 5.65. The van der Waals surface area contributed by atoms with Gasteiger partial charge in [0.25, 0.3) is 0 Å². The maximum atomic E-state index is 5.65. The molecule has 0 saturated carbocycles. The quantitative estimate of drug-likeness (QED) is 0.739. The molecule has 4 heteroatoms. The summed E-state index contributed by atoms with van der Waals surface area (Å²) in [6.07, 6.45) is 0. The molecule has 0 unspecified atom stereocenters. The molecule has 2 rings (SSSR count). The van der Waals surface area contributed by atoms with Gasteiger partial charge in [-0.1, -0.05) is 28.1 Å². The highest BCUT2D eigenvalue weighted by molar-refractivity contribution is 9.10. The van der Waals surface area contributed by atoms with Gasteiger partial charge >= 0.3 is 0 Å². The van der Waals surface area contributed by atoms with Crippen LogP contribution >= 0.6 is 15.9 Å². The van der Waals surface area contributed by atoms with Crippen LogP contribution in [0.15, 0.2) is 46.9 Å². The van der Waals surface area contributed by atoms with Gasteiger partial charge in [0.2, 0.25) is 0 Å². The molecule has 0 aliphatic heterocycles. The molecule has 0 radical (unpaired) electrons. The second kappa shape index (κ2) is 7.20. The Bertz CT molecular complexity index is 569. The SMILES string of the molecule is COc1ccccc1OCCOc1ccc(Br)c(C)c1. The van der Waals surface area contributed by atoms with Crippen LogP contribution in [0.4, 0.5) is 0 Å². The van der Waals surface area contributed by atoms with Crippen LogP contribution in [0.1, 0.15) is 5.56 Å². The largest absolute Gasteiger partial charge is 0.493 e. The molecule has 0 bridgehead atoms. The fourth-order valence-corrected chi connectivity index (χ4v) is 2.00. The van der Waals surface area contributed by atoms with Gasteiger partial charge in [-0.2, -0.15) is 0 Å². The van der Waals surface area contributed by atoms with Gasteiger partial charge in [-0.25, -0.2) is 0 Å². The predicted octanol–water partition coefficient (Wildman–Crippen LogP) is 4.22. The zero-order valence-corrected chi connectivity index (χ0v) is 13.1. The predicted molar refractivity (Wildman–Crippen MR) is 82.9 cm³/mol. The molecule has 0 N–H and O–H groups in total. The summed E-state index contributed by atoms with van der Waals surface area (Å²) in [6.45, 7) is 2.98. The van der Waals surface area contributed by atoms with Gasteiger partial charge < -0.3 is 14.2 Å². The maximum Gasteiger partial charge on any atom is 0.161 e. The molecule has 2 aromatic rings. The van der Waals surface area contributed by atoms with E-state index in [0.29, 0.717) is 13.2 Å². The first-order chi connectivity index (χ1) is 9.70. The number of rotatable bonds is 6. The van der Waals surface area contributed by atoms with Crippen molar-refractivity contribution in [3.63, 3.8) is 0 Å². The van der Waals surface area contributed by atoms with E-state index in [1.54, 1.807) is 7.11 Å². The number of para-hydroxylation sites is 2. The van der Waals surface area contributed by atoms with Crippen molar-refractivity contribution in [1.29, 1.82) is 0 Å². The van der Waals surface area contributed by atoms with Gasteiger partial charge in [-0.15, -0.1) is 0 Å². The van der Waals surface area contributed by atoms with Gasteiger partial charge in [0.05, 0.1) is 7.11 Å². The van der Waals surface area contributed by atoms with E-state index in [1.165, 1.54) is 0 Å². The second-order valence-electron chi connectivity index (χ2n) is 4.26. The Morgan fingerprint density at radius 3 is 2.35 bits per heavy atom. The summed E-state index contributed by atoms with van der Waals surface area (Å²) in [6, 6.07) is 13.5. The number of halogens is 1. The molecular formula is C16H17BrO3. The Hall–Kier alpha value is -1.68. The molecule has 3 nitrogen and oxygen atoms in total. The third kappa shape index (κ3) is 3.90. The van der Waals surface area contributed by atoms with E-state index in [-0.39, 0.29) is 0 Å². The minimum Gasteiger partial charge on any atom is -0.493 e. The van der Waals surface area contributed by atoms with E-state index in [4.69, 9.17) is 14.2 Å². The standard InChI is InChI=1S/C16H17BrO3/c1-12-11-13(7-8-14(12)17)19-9-10-20-16-6-4-3-5-15(16)18-2/h3-8,11H,9-10H2,1-2H3. The van der Waals surface area contributed by atoms with Crippen molar-refractivity contribution in [2.75, 3.05) is 20.3 Å². The number of benzene rings is 2. The zero-order chi connectivity index (χ0) is 14.4. The molecule has 20 heavy (non-hydrogen) atoms. The molecule has 2 aromatic carbocycles. The lowest BCUT2D eigenvalue weighted by Gasteiger charge is -2.11. The number of ether oxygens (including phenoxy) is 3. The Balaban J connectivity index is 1.83. The fourth-order valence-electron chi connectivity index (χ4n) is 1.76. The highest BCUT2D eigenvalue weighted by Gasteiger charge is 2.02. The highest BCUT2D eigenvalue weighted by Crippen LogP contribution is 2.25. The van der Waals surface area contributed by atoms with Crippen molar-refractivity contribution in [2.45, 2.75) is 6.92 Å². The smallest absolute Gasteiger partial charge is 0.161 e. The first-order valence-corrected chi connectivity index (χ1v) is 7.15. The summed E-state index contributed by atoms with van der Waals surface area (Å²) in [7, 11) is 1.63. The monoisotopic (exact) mass is 336 g/mol. The van der Waals surface area contributed by atoms with Crippen LogP contribution in [0, 0.1) is 6.92 Å². The summed E-state index contributed by atoms with van der Waals surface area (Å²) >= 11 is 3.46. The van der Waals surface area contributed by atoms with Gasteiger partial charge in [0, 0.05) is 4.47 Å². The van der Waals surface area contributed by atoms with Crippen LogP contribution in [-0.4, -0.2) is 20.3 Å². The van der Waals surface area contributed by atoms with Crippen molar-refractivity contribution in [3.05, 3.63) is 52.5 Å². The average Bonchev–Trinajstić information content (AvgIpc) is 2.47. The van der Waals surface area contributed by atoms with Gasteiger partial charge in [0.15, 0.2) is 11.5 Å². The van der Waals surface area contributed by atoms with Crippen molar-refractivity contribution >= 4 is 15.9 Å². The van der Waals surface area contributed by atoms with Crippen LogP contribution < -0.4 is 14.2 Å². The molecule has 0 aliphatic carbocycles. The topological polar surface area (TPSA) is 27.7 Å². The van der Waals surface area contributed by atoms with E-state index in [9.17, 15) is 0 Å². The summed E-state index contributed by atoms with van der Waals surface area (Å²) in [5.41, 5.74) is 1.15. The Labute approximate surface area is 127 Å². The van der Waals surface area contributed by atoms with E-state index in [1.807, 2.05) is 49.4 Å². The second-order valence-corrected chi connectivity index (χ2v) is 5.11. The highest BCUT2D eigenvalue weighted by atomic mass is 79.9. The summed E-state index contributed by atoms with van der Waals surface area (Å²) in [5.74, 6) is 2.30. The van der Waals surface area contributed by atoms with Crippen molar-refractivity contribution in [2.24, 2.45) is 0 Å². The van der Waals surface area contributed by atoms with Crippen LogP contribution in [0.5, 0.6) is 17.2 Å². The normalized spacial score (nSPS) is 10.2. The fraction of sp³-hybridized carbons (Fsp3) is 0.250. The lowest BCUT2D eigenvalue weighted by Crippen LogP contribution is -2.09. The van der Waals surface area contributed by atoms with E-state index >= 15 is 0 Å². The summed E-state index contributed by atoms with van der Waals surface area (Å²) in [5, 5.41) is 0. The van der Waals surface area contributed by atoms with Crippen molar-refractivity contribution < 1.29 is 14.2 Å². The number of aryl methyl sites for hydroxylation is 1. The van der Waals surface area contributed by atoms with E-state index in [2.05, 4.69) is 15.9 Å². The first kappa shape index (κ1) is 14.7. The lowest BCUT2D eigenvalue weighted by atomic mass is 10.2. The third-order valence-electron chi connectivity index (χ3n) is 2.81. The van der Waals surface area contributed by atoms with Crippen molar-refractivity contribution in [1.82, 2.24) is 0 Å². The number of hydrogen-bond acceptors (Lipinski definition) is 3. The minimum absolute atomic E-state index is 0.468. The molecule has 0 fully saturated rings. The summed E-state index contributed by atoms with van der Waals surface area (Å²) < 4.78 is 17.6. The molecule has 0 heterocycles. The van der Waals surface area contributed by atoms with Crippen LogP contribution in [-0.2, 0) is 0 Å². The number of methoxy groups -OCH3 is 1. The van der Waals surface area contributed by atoms with E-state index in [0.717, 1.165) is 27.3 Å². The first-order valence-electron chi connectivity index (χ1n) is 6.35. The van der Waals surface area contributed by atoms with Crippen LogP contribution in [0.2, 0.25) is 0 Å². The van der Waals surface area contributed by atoms with Crippen molar-refractivity contribution in [3.8, 4) is 17.2 Å². The van der Waals surface area contributed by atoms with Gasteiger partial charge in [-0.05, 0) is 42.8 Å². The Morgan fingerprint density at radius 2 is 1.65 bits per heavy atom. The minimum atomic E-state index is 0.468. The molecule has 0 amide bonds. The zero-order valence-electron chi connectivity index (χ0n) is 11.6. The molecule has 0 atom stereocenters. The Morgan fingerprint density at radius 1 is 0.950 bits per heavy atom. The average molecular weight is 337 g/mol. The molecular weight excluding hydrogens is 320 g/mol. The molecule has 106 valence electrons. The van der Waals surface area contributed by atoms with E-state index < -0.39 is 0 Å². The number of hydrogen-bond donors (Lipinski definition) is 0. The van der Waals surface area contributed by atoms with Gasteiger partial charge in [0.1, 0.15) is 19.0 Å². The molecule has 0 saturated heterocycles. The van der Waals surface area contributed by atoms with Crippen LogP contribution in [0.25, 0.3) is 0 Å². The molecule has 0 aromatic heterocycles. The molecule has 0 aliphatic rings. The Kier molecular flexibility index (Phi) is 5.30. The third-order valence-corrected chi connectivity index (χ3v) is 3.70. The summed E-state index contributed by atoms with van der Waals surface area (Å²) in [4.78, 5) is 0.